The van der Waals surface area contributed by atoms with Gasteiger partial charge in [-0.1, -0.05) is 18.2 Å². The van der Waals surface area contributed by atoms with Crippen molar-refractivity contribution >= 4 is 28.3 Å². The molecule has 3 aromatic rings. The van der Waals surface area contributed by atoms with Gasteiger partial charge < -0.3 is 19.5 Å². The van der Waals surface area contributed by atoms with Gasteiger partial charge in [0.05, 0.1) is 35.4 Å². The van der Waals surface area contributed by atoms with E-state index in [-0.39, 0.29) is 36.8 Å². The number of anilines is 1. The lowest BCUT2D eigenvalue weighted by atomic mass is 10.1. The highest BCUT2D eigenvalue weighted by molar-refractivity contribution is 5.94. The average molecular weight is 479 g/mol. The largest absolute Gasteiger partial charge is 0.489 e. The number of H-pyrrole nitrogens is 1. The SMILES string of the molecule is COCCOc1ccc(C(F)(F)F)cc1NC(=O)COC(=O)Cc1n[nH]c(=O)c2ccccc12. The molecule has 1 aromatic heterocycles. The number of hydrogen-bond acceptors (Lipinski definition) is 7. The average Bonchev–Trinajstić information content (AvgIpc) is 2.80. The fourth-order valence-electron chi connectivity index (χ4n) is 2.99. The first-order chi connectivity index (χ1) is 16.2. The van der Waals surface area contributed by atoms with Crippen LogP contribution in [0.2, 0.25) is 0 Å². The number of alkyl halides is 3. The first-order valence-electron chi connectivity index (χ1n) is 9.94. The lowest BCUT2D eigenvalue weighted by Gasteiger charge is -2.15. The second-order valence-corrected chi connectivity index (χ2v) is 6.98. The minimum atomic E-state index is -4.64. The molecule has 9 nitrogen and oxygen atoms in total. The zero-order chi connectivity index (χ0) is 24.7. The van der Waals surface area contributed by atoms with Crippen molar-refractivity contribution in [3.63, 3.8) is 0 Å². The predicted molar refractivity (Wildman–Crippen MR) is 114 cm³/mol. The third-order valence-corrected chi connectivity index (χ3v) is 4.58. The number of esters is 1. The number of fused-ring (bicyclic) bond motifs is 1. The van der Waals surface area contributed by atoms with Crippen LogP contribution in [0, 0.1) is 0 Å². The van der Waals surface area contributed by atoms with Crippen molar-refractivity contribution in [1.82, 2.24) is 10.2 Å². The number of halogens is 3. The fourth-order valence-corrected chi connectivity index (χ4v) is 2.99. The number of benzene rings is 2. The van der Waals surface area contributed by atoms with E-state index in [9.17, 15) is 27.6 Å². The second kappa shape index (κ2) is 10.8. The van der Waals surface area contributed by atoms with Crippen LogP contribution >= 0.6 is 0 Å². The number of methoxy groups -OCH3 is 1. The number of nitrogens with zero attached hydrogens (tertiary/aromatic N) is 1. The van der Waals surface area contributed by atoms with Crippen LogP contribution in [0.5, 0.6) is 5.75 Å². The first-order valence-corrected chi connectivity index (χ1v) is 9.94. The molecule has 2 aromatic carbocycles. The molecule has 0 atom stereocenters. The van der Waals surface area contributed by atoms with E-state index in [0.717, 1.165) is 18.2 Å². The van der Waals surface area contributed by atoms with Gasteiger partial charge in [0.1, 0.15) is 12.4 Å². The maximum Gasteiger partial charge on any atom is 0.416 e. The minimum Gasteiger partial charge on any atom is -0.489 e. The van der Waals surface area contributed by atoms with E-state index in [1.54, 1.807) is 24.3 Å². The van der Waals surface area contributed by atoms with Gasteiger partial charge in [0.2, 0.25) is 0 Å². The number of nitrogens with one attached hydrogen (secondary N) is 2. The van der Waals surface area contributed by atoms with Crippen LogP contribution in [0.3, 0.4) is 0 Å². The fraction of sp³-hybridized carbons (Fsp3) is 0.273. The van der Waals surface area contributed by atoms with E-state index in [2.05, 4.69) is 15.5 Å². The number of aromatic nitrogens is 2. The zero-order valence-corrected chi connectivity index (χ0v) is 17.9. The molecule has 12 heteroatoms. The highest BCUT2D eigenvalue weighted by Crippen LogP contribution is 2.35. The molecule has 0 saturated carbocycles. The molecule has 180 valence electrons. The van der Waals surface area contributed by atoms with Crippen molar-refractivity contribution in [2.24, 2.45) is 0 Å². The lowest BCUT2D eigenvalue weighted by Crippen LogP contribution is -2.23. The summed E-state index contributed by atoms with van der Waals surface area (Å²) in [6.45, 7) is -0.535. The third-order valence-electron chi connectivity index (χ3n) is 4.58. The summed E-state index contributed by atoms with van der Waals surface area (Å²) < 4.78 is 54.3. The maximum atomic E-state index is 13.1. The number of rotatable bonds is 9. The molecule has 1 amide bonds. The van der Waals surface area contributed by atoms with Gasteiger partial charge >= 0.3 is 12.1 Å². The molecule has 0 fully saturated rings. The van der Waals surface area contributed by atoms with Gasteiger partial charge in [-0.15, -0.1) is 0 Å². The molecule has 0 aliphatic rings. The standard InChI is InChI=1S/C22H20F3N3O6/c1-32-8-9-33-18-7-6-13(22(23,24)25)10-17(18)26-19(29)12-34-20(30)11-16-14-4-2-3-5-15(14)21(31)28-27-16/h2-7,10H,8-9,11-12H2,1H3,(H,26,29)(H,28,31). The molecule has 34 heavy (non-hydrogen) atoms. The van der Waals surface area contributed by atoms with Gasteiger partial charge in [0.15, 0.2) is 6.61 Å². The van der Waals surface area contributed by atoms with Crippen molar-refractivity contribution in [3.05, 3.63) is 64.1 Å². The highest BCUT2D eigenvalue weighted by Gasteiger charge is 2.31. The number of aromatic amines is 1. The van der Waals surface area contributed by atoms with E-state index >= 15 is 0 Å². The Kier molecular flexibility index (Phi) is 7.84. The number of ether oxygens (including phenoxy) is 3. The summed E-state index contributed by atoms with van der Waals surface area (Å²) >= 11 is 0. The lowest BCUT2D eigenvalue weighted by molar-refractivity contribution is -0.146. The molecular formula is C22H20F3N3O6. The van der Waals surface area contributed by atoms with E-state index in [0.29, 0.717) is 10.8 Å². The van der Waals surface area contributed by atoms with Crippen molar-refractivity contribution in [2.45, 2.75) is 12.6 Å². The molecule has 0 unspecified atom stereocenters. The normalized spacial score (nSPS) is 11.3. The summed E-state index contributed by atoms with van der Waals surface area (Å²) in [6, 6.07) is 9.13. The van der Waals surface area contributed by atoms with Crippen molar-refractivity contribution in [2.75, 3.05) is 32.2 Å². The summed E-state index contributed by atoms with van der Waals surface area (Å²) in [5.74, 6) is -1.70. The van der Waals surface area contributed by atoms with Crippen LogP contribution in [0.4, 0.5) is 18.9 Å². The van der Waals surface area contributed by atoms with E-state index in [1.807, 2.05) is 0 Å². The highest BCUT2D eigenvalue weighted by atomic mass is 19.4. The van der Waals surface area contributed by atoms with Crippen molar-refractivity contribution < 1.29 is 37.0 Å². The van der Waals surface area contributed by atoms with Gasteiger partial charge in [0, 0.05) is 12.5 Å². The Hall–Kier alpha value is -3.93. The van der Waals surface area contributed by atoms with Crippen molar-refractivity contribution in [1.29, 1.82) is 0 Å². The summed E-state index contributed by atoms with van der Waals surface area (Å²) in [5, 5.41) is 9.18. The zero-order valence-electron chi connectivity index (χ0n) is 17.9. The second-order valence-electron chi connectivity index (χ2n) is 6.98. The van der Waals surface area contributed by atoms with Gasteiger partial charge in [-0.05, 0) is 24.3 Å². The van der Waals surface area contributed by atoms with Crippen LogP contribution in [-0.2, 0) is 31.7 Å². The Morgan fingerprint density at radius 3 is 2.53 bits per heavy atom. The summed E-state index contributed by atoms with van der Waals surface area (Å²) in [7, 11) is 1.43. The van der Waals surface area contributed by atoms with E-state index in [1.165, 1.54) is 7.11 Å². The molecule has 1 heterocycles. The van der Waals surface area contributed by atoms with Gasteiger partial charge in [-0.3, -0.25) is 14.4 Å². The third kappa shape index (κ3) is 6.32. The Morgan fingerprint density at radius 1 is 1.09 bits per heavy atom. The first kappa shape index (κ1) is 24.7. The minimum absolute atomic E-state index is 0.00589. The number of amides is 1. The molecule has 0 bridgehead atoms. The van der Waals surface area contributed by atoms with Crippen LogP contribution in [0.15, 0.2) is 47.3 Å². The molecular weight excluding hydrogens is 459 g/mol. The Labute approximate surface area is 190 Å². The Balaban J connectivity index is 1.66. The van der Waals surface area contributed by atoms with E-state index < -0.39 is 35.8 Å². The quantitative estimate of drug-likeness (QED) is 0.358. The smallest absolute Gasteiger partial charge is 0.416 e. The molecule has 0 aliphatic heterocycles. The number of carbonyl (C=O) groups is 2. The monoisotopic (exact) mass is 479 g/mol. The topological polar surface area (TPSA) is 120 Å². The van der Waals surface area contributed by atoms with Crippen LogP contribution in [0.1, 0.15) is 11.3 Å². The number of carbonyl (C=O) groups excluding carboxylic acids is 2. The maximum absolute atomic E-state index is 13.1. The summed E-state index contributed by atoms with van der Waals surface area (Å²) in [6.07, 6.45) is -4.97. The molecule has 0 aliphatic carbocycles. The van der Waals surface area contributed by atoms with Gasteiger partial charge in [0.25, 0.3) is 11.5 Å². The van der Waals surface area contributed by atoms with Gasteiger partial charge in [-0.25, -0.2) is 5.10 Å². The van der Waals surface area contributed by atoms with Crippen LogP contribution in [-0.4, -0.2) is 49.0 Å². The molecule has 3 rings (SSSR count). The molecule has 2 N–H and O–H groups in total. The Bertz CT molecular complexity index is 1240. The van der Waals surface area contributed by atoms with E-state index in [4.69, 9.17) is 14.2 Å². The predicted octanol–water partition coefficient (Wildman–Crippen LogP) is 2.69. The van der Waals surface area contributed by atoms with Crippen LogP contribution in [0.25, 0.3) is 10.8 Å². The summed E-state index contributed by atoms with van der Waals surface area (Å²) in [5.41, 5.74) is -1.40. The molecule has 0 saturated heterocycles. The van der Waals surface area contributed by atoms with Gasteiger partial charge in [-0.2, -0.15) is 18.3 Å². The molecule has 0 radical (unpaired) electrons. The van der Waals surface area contributed by atoms with Crippen LogP contribution < -0.4 is 15.6 Å². The Morgan fingerprint density at radius 2 is 1.82 bits per heavy atom. The number of hydrogen-bond donors (Lipinski definition) is 2. The summed E-state index contributed by atoms with van der Waals surface area (Å²) in [4.78, 5) is 36.3. The molecule has 0 spiro atoms. The van der Waals surface area contributed by atoms with Crippen molar-refractivity contribution in [3.8, 4) is 5.75 Å².